The van der Waals surface area contributed by atoms with Gasteiger partial charge in [-0.2, -0.15) is 4.72 Å². The third kappa shape index (κ3) is 2.98. The van der Waals surface area contributed by atoms with Crippen molar-refractivity contribution in [1.82, 2.24) is 4.72 Å². The summed E-state index contributed by atoms with van der Waals surface area (Å²) in [6.45, 7) is 1.58. The average molecular weight is 303 g/mol. The molecule has 0 aliphatic carbocycles. The Kier molecular flexibility index (Phi) is 3.97. The molecule has 3 N–H and O–H groups in total. The van der Waals surface area contributed by atoms with Gasteiger partial charge in [-0.1, -0.05) is 5.92 Å². The summed E-state index contributed by atoms with van der Waals surface area (Å²) in [5.74, 6) is 2.29. The second-order valence-electron chi connectivity index (χ2n) is 3.20. The molecule has 6 heteroatoms. The summed E-state index contributed by atoms with van der Waals surface area (Å²) in [5, 5.41) is 0. The maximum atomic E-state index is 11.9. The van der Waals surface area contributed by atoms with E-state index in [0.29, 0.717) is 10.2 Å². The molecule has 4 nitrogen and oxygen atoms in total. The van der Waals surface area contributed by atoms with Crippen molar-refractivity contribution in [3.05, 3.63) is 22.7 Å². The third-order valence-corrected chi connectivity index (χ3v) is 4.36. The summed E-state index contributed by atoms with van der Waals surface area (Å²) in [4.78, 5) is 0.0783. The first kappa shape index (κ1) is 13.0. The van der Waals surface area contributed by atoms with Gasteiger partial charge in [-0.25, -0.2) is 8.42 Å². The highest BCUT2D eigenvalue weighted by atomic mass is 79.9. The van der Waals surface area contributed by atoms with E-state index < -0.39 is 16.1 Å². The van der Waals surface area contributed by atoms with E-state index in [0.717, 1.165) is 0 Å². The van der Waals surface area contributed by atoms with Gasteiger partial charge >= 0.3 is 0 Å². The minimum absolute atomic E-state index is 0.0783. The molecule has 16 heavy (non-hydrogen) atoms. The molecule has 0 amide bonds. The Labute approximate surface area is 103 Å². The summed E-state index contributed by atoms with van der Waals surface area (Å²) in [7, 11) is -3.64. The van der Waals surface area contributed by atoms with Crippen LogP contribution in [-0.2, 0) is 10.0 Å². The zero-order valence-electron chi connectivity index (χ0n) is 8.57. The minimum Gasteiger partial charge on any atom is -0.399 e. The first-order chi connectivity index (χ1) is 7.36. The molecule has 0 bridgehead atoms. The summed E-state index contributed by atoms with van der Waals surface area (Å²) >= 11 is 3.15. The highest BCUT2D eigenvalue weighted by molar-refractivity contribution is 9.10. The number of halogens is 1. The van der Waals surface area contributed by atoms with Gasteiger partial charge in [0.1, 0.15) is 0 Å². The van der Waals surface area contributed by atoms with Crippen LogP contribution in [-0.4, -0.2) is 14.5 Å². The number of nitrogens with two attached hydrogens (primary N) is 1. The summed E-state index contributed by atoms with van der Waals surface area (Å²) < 4.78 is 26.5. The molecule has 0 aliphatic rings. The first-order valence-corrected chi connectivity index (χ1v) is 6.68. The number of hydrogen-bond acceptors (Lipinski definition) is 3. The molecule has 0 saturated heterocycles. The van der Waals surface area contributed by atoms with Crippen LogP contribution in [0.1, 0.15) is 6.92 Å². The van der Waals surface area contributed by atoms with Crippen LogP contribution in [0.5, 0.6) is 0 Å². The lowest BCUT2D eigenvalue weighted by atomic mass is 10.3. The molecule has 1 aromatic carbocycles. The molecule has 0 aliphatic heterocycles. The molecular weight excluding hydrogens is 292 g/mol. The molecule has 0 spiro atoms. The van der Waals surface area contributed by atoms with Crippen molar-refractivity contribution in [2.24, 2.45) is 0 Å². The molecular formula is C10H11BrN2O2S. The fraction of sp³-hybridized carbons (Fsp3) is 0.200. The van der Waals surface area contributed by atoms with Crippen LogP contribution in [0.3, 0.4) is 0 Å². The zero-order valence-corrected chi connectivity index (χ0v) is 11.0. The number of rotatable bonds is 3. The Bertz CT molecular complexity index is 534. The van der Waals surface area contributed by atoms with Gasteiger partial charge in [0.2, 0.25) is 10.0 Å². The smallest absolute Gasteiger partial charge is 0.242 e. The normalized spacial score (nSPS) is 13.1. The fourth-order valence-electron chi connectivity index (χ4n) is 1.06. The Morgan fingerprint density at radius 1 is 1.56 bits per heavy atom. The van der Waals surface area contributed by atoms with E-state index in [2.05, 4.69) is 26.6 Å². The zero-order chi connectivity index (χ0) is 12.3. The highest BCUT2D eigenvalue weighted by Gasteiger charge is 2.19. The number of nitrogens with one attached hydrogen (secondary N) is 1. The largest absolute Gasteiger partial charge is 0.399 e. The summed E-state index contributed by atoms with van der Waals surface area (Å²) in [6.07, 6.45) is 5.11. The fourth-order valence-corrected chi connectivity index (χ4v) is 3.22. The lowest BCUT2D eigenvalue weighted by molar-refractivity contribution is 0.577. The SMILES string of the molecule is C#CC(C)NS(=O)(=O)c1cc(N)ccc1Br. The van der Waals surface area contributed by atoms with Crippen molar-refractivity contribution in [2.75, 3.05) is 5.73 Å². The summed E-state index contributed by atoms with van der Waals surface area (Å²) in [6, 6.07) is 3.98. The molecule has 1 atom stereocenters. The maximum Gasteiger partial charge on any atom is 0.242 e. The molecule has 86 valence electrons. The van der Waals surface area contributed by atoms with Crippen molar-refractivity contribution in [3.63, 3.8) is 0 Å². The maximum absolute atomic E-state index is 11.9. The van der Waals surface area contributed by atoms with E-state index in [1.54, 1.807) is 19.1 Å². The van der Waals surface area contributed by atoms with Gasteiger partial charge in [-0.15, -0.1) is 6.42 Å². The molecule has 0 saturated carbocycles. The van der Waals surface area contributed by atoms with Crippen LogP contribution in [0.15, 0.2) is 27.6 Å². The van der Waals surface area contributed by atoms with Crippen LogP contribution >= 0.6 is 15.9 Å². The Balaban J connectivity index is 3.18. The van der Waals surface area contributed by atoms with Crippen LogP contribution < -0.4 is 10.5 Å². The van der Waals surface area contributed by atoms with Crippen LogP contribution in [0.4, 0.5) is 5.69 Å². The molecule has 0 fully saturated rings. The second kappa shape index (κ2) is 4.87. The second-order valence-corrected chi connectivity index (χ2v) is 5.74. The first-order valence-electron chi connectivity index (χ1n) is 4.40. The van der Waals surface area contributed by atoms with Gasteiger partial charge in [0.15, 0.2) is 0 Å². The Morgan fingerprint density at radius 3 is 2.75 bits per heavy atom. The topological polar surface area (TPSA) is 72.2 Å². The van der Waals surface area contributed by atoms with E-state index in [4.69, 9.17) is 12.2 Å². The van der Waals surface area contributed by atoms with Crippen LogP contribution in [0.25, 0.3) is 0 Å². The third-order valence-electron chi connectivity index (χ3n) is 1.83. The van der Waals surface area contributed by atoms with Gasteiger partial charge in [-0.3, -0.25) is 0 Å². The van der Waals surface area contributed by atoms with E-state index in [-0.39, 0.29) is 4.90 Å². The monoisotopic (exact) mass is 302 g/mol. The predicted octanol–water partition coefficient (Wildman–Crippen LogP) is 1.33. The number of hydrogen-bond donors (Lipinski definition) is 2. The molecule has 1 aromatic rings. The van der Waals surface area contributed by atoms with Crippen molar-refractivity contribution in [2.45, 2.75) is 17.9 Å². The number of anilines is 1. The Morgan fingerprint density at radius 2 is 2.19 bits per heavy atom. The molecule has 1 rings (SSSR count). The van der Waals surface area contributed by atoms with Gasteiger partial charge in [0.25, 0.3) is 0 Å². The summed E-state index contributed by atoms with van der Waals surface area (Å²) in [5.41, 5.74) is 5.91. The molecule has 0 aromatic heterocycles. The van der Waals surface area contributed by atoms with Crippen molar-refractivity contribution >= 4 is 31.6 Å². The number of sulfonamides is 1. The van der Waals surface area contributed by atoms with Gasteiger partial charge in [0.05, 0.1) is 10.9 Å². The minimum atomic E-state index is -3.64. The lowest BCUT2D eigenvalue weighted by Crippen LogP contribution is -2.31. The van der Waals surface area contributed by atoms with E-state index >= 15 is 0 Å². The Hall–Kier alpha value is -1.03. The number of nitrogen functional groups attached to an aromatic ring is 1. The number of terminal acetylenes is 1. The van der Waals surface area contributed by atoms with E-state index in [9.17, 15) is 8.42 Å². The van der Waals surface area contributed by atoms with Crippen molar-refractivity contribution in [1.29, 1.82) is 0 Å². The van der Waals surface area contributed by atoms with Gasteiger partial charge < -0.3 is 5.73 Å². The standard InChI is InChI=1S/C10H11BrN2O2S/c1-3-7(2)13-16(14,15)10-6-8(12)4-5-9(10)11/h1,4-7,13H,12H2,2H3. The lowest BCUT2D eigenvalue weighted by Gasteiger charge is -2.10. The van der Waals surface area contributed by atoms with E-state index in [1.165, 1.54) is 6.07 Å². The van der Waals surface area contributed by atoms with Gasteiger partial charge in [0, 0.05) is 10.2 Å². The van der Waals surface area contributed by atoms with E-state index in [1.807, 2.05) is 0 Å². The predicted molar refractivity (Wildman–Crippen MR) is 67.2 cm³/mol. The highest BCUT2D eigenvalue weighted by Crippen LogP contribution is 2.24. The quantitative estimate of drug-likeness (QED) is 0.653. The van der Waals surface area contributed by atoms with Crippen LogP contribution in [0.2, 0.25) is 0 Å². The van der Waals surface area contributed by atoms with Crippen molar-refractivity contribution in [3.8, 4) is 12.3 Å². The van der Waals surface area contributed by atoms with Crippen LogP contribution in [0, 0.1) is 12.3 Å². The average Bonchev–Trinajstić information content (AvgIpc) is 2.20. The van der Waals surface area contributed by atoms with Crippen molar-refractivity contribution < 1.29 is 8.42 Å². The molecule has 0 heterocycles. The molecule has 0 radical (unpaired) electrons. The number of benzene rings is 1. The van der Waals surface area contributed by atoms with Gasteiger partial charge in [-0.05, 0) is 41.1 Å². The molecule has 1 unspecified atom stereocenters.